The molecule has 0 bridgehead atoms. The van der Waals surface area contributed by atoms with Crippen molar-refractivity contribution in [1.82, 2.24) is 4.98 Å². The van der Waals surface area contributed by atoms with Crippen molar-refractivity contribution >= 4 is 27.5 Å². The van der Waals surface area contributed by atoms with E-state index in [9.17, 15) is 4.79 Å². The van der Waals surface area contributed by atoms with Gasteiger partial charge < -0.3 is 14.8 Å². The number of hydrogen-bond acceptors (Lipinski definition) is 4. The summed E-state index contributed by atoms with van der Waals surface area (Å²) in [6.07, 6.45) is 1.58. The number of carbonyl (C=O) groups is 1. The quantitative estimate of drug-likeness (QED) is 0.917. The van der Waals surface area contributed by atoms with Crippen LogP contribution in [0.2, 0.25) is 0 Å². The van der Waals surface area contributed by atoms with E-state index in [2.05, 4.69) is 26.2 Å². The number of rotatable bonds is 2. The maximum absolute atomic E-state index is 12.0. The number of ether oxygens (including phenoxy) is 2. The van der Waals surface area contributed by atoms with Crippen LogP contribution < -0.4 is 14.8 Å². The second kappa shape index (κ2) is 5.50. The van der Waals surface area contributed by atoms with Crippen molar-refractivity contribution < 1.29 is 14.3 Å². The van der Waals surface area contributed by atoms with Gasteiger partial charge in [0.05, 0.1) is 0 Å². The van der Waals surface area contributed by atoms with Crippen LogP contribution in [0, 0.1) is 0 Å². The first-order chi connectivity index (χ1) is 9.72. The average Bonchev–Trinajstić information content (AvgIpc) is 2.48. The molecule has 2 heterocycles. The third-order valence-electron chi connectivity index (χ3n) is 2.76. The molecule has 1 aliphatic rings. The fraction of sp³-hybridized carbons (Fsp3) is 0.143. The SMILES string of the molecule is O=C(Nc1ccc2c(c1)OCCO2)c1ccc(Br)cn1. The van der Waals surface area contributed by atoms with Gasteiger partial charge in [0, 0.05) is 22.4 Å². The number of nitrogens with zero attached hydrogens (tertiary/aromatic N) is 1. The first kappa shape index (κ1) is 12.9. The fourth-order valence-electron chi connectivity index (χ4n) is 1.83. The van der Waals surface area contributed by atoms with Gasteiger partial charge >= 0.3 is 0 Å². The number of fused-ring (bicyclic) bond motifs is 1. The molecule has 0 aliphatic carbocycles. The predicted octanol–water partition coefficient (Wildman–Crippen LogP) is 2.87. The summed E-state index contributed by atoms with van der Waals surface area (Å²) in [7, 11) is 0. The van der Waals surface area contributed by atoms with Crippen LogP contribution in [0.25, 0.3) is 0 Å². The first-order valence-electron chi connectivity index (χ1n) is 6.05. The summed E-state index contributed by atoms with van der Waals surface area (Å²) in [6.45, 7) is 1.06. The van der Waals surface area contributed by atoms with E-state index < -0.39 is 0 Å². The normalized spacial score (nSPS) is 12.8. The van der Waals surface area contributed by atoms with Gasteiger partial charge in [0.15, 0.2) is 11.5 Å². The molecule has 0 radical (unpaired) electrons. The van der Waals surface area contributed by atoms with Crippen LogP contribution in [0.5, 0.6) is 11.5 Å². The van der Waals surface area contributed by atoms with Gasteiger partial charge in [-0.1, -0.05) is 0 Å². The molecule has 0 spiro atoms. The molecule has 1 amide bonds. The van der Waals surface area contributed by atoms with Gasteiger partial charge in [0.2, 0.25) is 0 Å². The van der Waals surface area contributed by atoms with E-state index in [4.69, 9.17) is 9.47 Å². The van der Waals surface area contributed by atoms with Gasteiger partial charge in [-0.3, -0.25) is 4.79 Å². The number of anilines is 1. The Morgan fingerprint density at radius 3 is 2.70 bits per heavy atom. The maximum Gasteiger partial charge on any atom is 0.274 e. The Morgan fingerprint density at radius 1 is 1.15 bits per heavy atom. The Hall–Kier alpha value is -2.08. The van der Waals surface area contributed by atoms with Crippen LogP contribution in [0.15, 0.2) is 41.0 Å². The minimum atomic E-state index is -0.269. The number of pyridine rings is 1. The lowest BCUT2D eigenvalue weighted by molar-refractivity contribution is 0.102. The molecule has 1 aromatic carbocycles. The van der Waals surface area contributed by atoms with Crippen LogP contribution in [-0.2, 0) is 0 Å². The van der Waals surface area contributed by atoms with Crippen molar-refractivity contribution in [3.05, 3.63) is 46.7 Å². The van der Waals surface area contributed by atoms with Crippen molar-refractivity contribution in [3.8, 4) is 11.5 Å². The minimum Gasteiger partial charge on any atom is -0.486 e. The van der Waals surface area contributed by atoms with Crippen molar-refractivity contribution in [1.29, 1.82) is 0 Å². The molecule has 1 aliphatic heterocycles. The molecule has 5 nitrogen and oxygen atoms in total. The van der Waals surface area contributed by atoms with E-state index in [1.807, 2.05) is 0 Å². The lowest BCUT2D eigenvalue weighted by Gasteiger charge is -2.18. The molecule has 1 aromatic heterocycles. The maximum atomic E-state index is 12.0. The molecule has 0 unspecified atom stereocenters. The Labute approximate surface area is 124 Å². The fourth-order valence-corrected chi connectivity index (χ4v) is 2.06. The number of benzene rings is 1. The summed E-state index contributed by atoms with van der Waals surface area (Å²) < 4.78 is 11.7. The zero-order valence-electron chi connectivity index (χ0n) is 10.4. The highest BCUT2D eigenvalue weighted by molar-refractivity contribution is 9.10. The van der Waals surface area contributed by atoms with E-state index in [-0.39, 0.29) is 5.91 Å². The zero-order valence-corrected chi connectivity index (χ0v) is 12.0. The van der Waals surface area contributed by atoms with Crippen LogP contribution >= 0.6 is 15.9 Å². The van der Waals surface area contributed by atoms with Gasteiger partial charge in [-0.05, 0) is 40.2 Å². The summed E-state index contributed by atoms with van der Waals surface area (Å²) in [5.74, 6) is 1.06. The zero-order chi connectivity index (χ0) is 13.9. The van der Waals surface area contributed by atoms with Gasteiger partial charge in [-0.25, -0.2) is 4.98 Å². The largest absolute Gasteiger partial charge is 0.486 e. The molecule has 0 saturated heterocycles. The van der Waals surface area contributed by atoms with Crippen molar-refractivity contribution in [2.75, 3.05) is 18.5 Å². The molecule has 0 atom stereocenters. The van der Waals surface area contributed by atoms with E-state index in [1.165, 1.54) is 0 Å². The lowest BCUT2D eigenvalue weighted by atomic mass is 10.2. The standard InChI is InChI=1S/C14H11BrN2O3/c15-9-1-3-11(16-8-9)14(18)17-10-2-4-12-13(7-10)20-6-5-19-12/h1-4,7-8H,5-6H2,(H,17,18). The third-order valence-corrected chi connectivity index (χ3v) is 3.23. The number of hydrogen-bond donors (Lipinski definition) is 1. The summed E-state index contributed by atoms with van der Waals surface area (Å²) in [4.78, 5) is 16.1. The first-order valence-corrected chi connectivity index (χ1v) is 6.84. The van der Waals surface area contributed by atoms with Crippen LogP contribution in [0.4, 0.5) is 5.69 Å². The smallest absolute Gasteiger partial charge is 0.274 e. The topological polar surface area (TPSA) is 60.5 Å². The van der Waals surface area contributed by atoms with Gasteiger partial charge in [-0.15, -0.1) is 0 Å². The van der Waals surface area contributed by atoms with Crippen LogP contribution in [0.1, 0.15) is 10.5 Å². The number of aromatic nitrogens is 1. The highest BCUT2D eigenvalue weighted by Gasteiger charge is 2.13. The molecule has 2 aromatic rings. The number of nitrogens with one attached hydrogen (secondary N) is 1. The molecule has 1 N–H and O–H groups in total. The van der Waals surface area contributed by atoms with E-state index >= 15 is 0 Å². The molecular formula is C14H11BrN2O3. The van der Waals surface area contributed by atoms with Crippen LogP contribution in [-0.4, -0.2) is 24.1 Å². The Morgan fingerprint density at radius 2 is 1.95 bits per heavy atom. The van der Waals surface area contributed by atoms with Crippen molar-refractivity contribution in [2.24, 2.45) is 0 Å². The minimum absolute atomic E-state index is 0.269. The molecule has 0 saturated carbocycles. The molecule has 20 heavy (non-hydrogen) atoms. The van der Waals surface area contributed by atoms with Gasteiger partial charge in [0.1, 0.15) is 18.9 Å². The average molecular weight is 335 g/mol. The number of amides is 1. The Balaban J connectivity index is 1.77. The van der Waals surface area contributed by atoms with E-state index in [0.717, 1.165) is 4.47 Å². The highest BCUT2D eigenvalue weighted by Crippen LogP contribution is 2.32. The summed E-state index contributed by atoms with van der Waals surface area (Å²) >= 11 is 3.28. The summed E-state index contributed by atoms with van der Waals surface area (Å²) in [6, 6.07) is 8.71. The highest BCUT2D eigenvalue weighted by atomic mass is 79.9. The molecule has 3 rings (SSSR count). The van der Waals surface area contributed by atoms with Crippen LogP contribution in [0.3, 0.4) is 0 Å². The van der Waals surface area contributed by atoms with E-state index in [1.54, 1.807) is 36.5 Å². The van der Waals surface area contributed by atoms with E-state index in [0.29, 0.717) is 36.1 Å². The molecule has 102 valence electrons. The summed E-state index contributed by atoms with van der Waals surface area (Å²) in [5.41, 5.74) is 0.993. The predicted molar refractivity (Wildman–Crippen MR) is 77.3 cm³/mol. The second-order valence-corrected chi connectivity index (χ2v) is 5.09. The number of carbonyl (C=O) groups excluding carboxylic acids is 1. The third kappa shape index (κ3) is 2.75. The molecule has 0 fully saturated rings. The van der Waals surface area contributed by atoms with Crippen molar-refractivity contribution in [2.45, 2.75) is 0 Å². The lowest BCUT2D eigenvalue weighted by Crippen LogP contribution is -2.16. The van der Waals surface area contributed by atoms with Gasteiger partial charge in [0.25, 0.3) is 5.91 Å². The summed E-state index contributed by atoms with van der Waals surface area (Å²) in [5, 5.41) is 2.78. The monoisotopic (exact) mass is 334 g/mol. The number of halogens is 1. The van der Waals surface area contributed by atoms with Crippen molar-refractivity contribution in [3.63, 3.8) is 0 Å². The molecular weight excluding hydrogens is 324 g/mol. The van der Waals surface area contributed by atoms with Gasteiger partial charge in [-0.2, -0.15) is 0 Å². The molecule has 6 heteroatoms. The Kier molecular flexibility index (Phi) is 3.56. The Bertz CT molecular complexity index is 643. The second-order valence-electron chi connectivity index (χ2n) is 4.17.